The zero-order valence-electron chi connectivity index (χ0n) is 22.4. The van der Waals surface area contributed by atoms with Gasteiger partial charge in [0, 0.05) is 4.88 Å². The van der Waals surface area contributed by atoms with E-state index in [1.54, 1.807) is 24.1 Å². The molecule has 1 aliphatic heterocycles. The van der Waals surface area contributed by atoms with E-state index in [-0.39, 0.29) is 17.1 Å². The standard InChI is InChI=1S/C30H32N2O5S/c1-6-7-8-9-14-36-23-13-11-20(16-24(23)35-5)26-25-27(33)21-15-17(2)10-12-22(21)37-28(25)29(34)32(26)30-31-18(3)19(4)38-30/h10-13,15-16,26H,6-9,14H2,1-5H3. The molecule has 0 bridgehead atoms. The van der Waals surface area contributed by atoms with Crippen LogP contribution in [0.5, 0.6) is 11.5 Å². The Morgan fingerprint density at radius 3 is 2.55 bits per heavy atom. The average molecular weight is 533 g/mol. The molecule has 0 spiro atoms. The molecular formula is C30H32N2O5S. The lowest BCUT2D eigenvalue weighted by atomic mass is 9.98. The number of aryl methyl sites for hydroxylation is 3. The van der Waals surface area contributed by atoms with E-state index >= 15 is 0 Å². The molecule has 1 unspecified atom stereocenters. The first-order valence-electron chi connectivity index (χ1n) is 13.0. The van der Waals surface area contributed by atoms with E-state index in [2.05, 4.69) is 11.9 Å². The smallest absolute Gasteiger partial charge is 0.297 e. The SMILES string of the molecule is CCCCCCOc1ccc(C2c3c(oc4ccc(C)cc4c3=O)C(=O)N2c2nc(C)c(C)s2)cc1OC. The van der Waals surface area contributed by atoms with Crippen LogP contribution >= 0.6 is 11.3 Å². The summed E-state index contributed by atoms with van der Waals surface area (Å²) in [6, 6.07) is 10.3. The average Bonchev–Trinajstić information content (AvgIpc) is 3.39. The van der Waals surface area contributed by atoms with Gasteiger partial charge >= 0.3 is 0 Å². The fourth-order valence-corrected chi connectivity index (χ4v) is 5.78. The number of hydrogen-bond acceptors (Lipinski definition) is 7. The highest BCUT2D eigenvalue weighted by molar-refractivity contribution is 7.15. The summed E-state index contributed by atoms with van der Waals surface area (Å²) in [4.78, 5) is 35.0. The Hall–Kier alpha value is -3.65. The summed E-state index contributed by atoms with van der Waals surface area (Å²) in [5, 5.41) is 0.977. The third kappa shape index (κ3) is 4.58. The molecule has 3 heterocycles. The van der Waals surface area contributed by atoms with Gasteiger partial charge < -0.3 is 13.9 Å². The second kappa shape index (κ2) is 10.6. The number of amides is 1. The molecule has 1 amide bonds. The number of unbranched alkanes of at least 4 members (excludes halogenated alkanes) is 3. The number of carbonyl (C=O) groups excluding carboxylic acids is 1. The van der Waals surface area contributed by atoms with Gasteiger partial charge in [-0.2, -0.15) is 0 Å². The van der Waals surface area contributed by atoms with Crippen molar-refractivity contribution in [1.82, 2.24) is 4.98 Å². The molecular weight excluding hydrogens is 500 g/mol. The van der Waals surface area contributed by atoms with Gasteiger partial charge in [0.25, 0.3) is 5.91 Å². The van der Waals surface area contributed by atoms with E-state index in [0.29, 0.717) is 39.8 Å². The van der Waals surface area contributed by atoms with Crippen LogP contribution in [0.25, 0.3) is 11.0 Å². The lowest BCUT2D eigenvalue weighted by Crippen LogP contribution is -2.29. The van der Waals surface area contributed by atoms with Crippen LogP contribution in [0.15, 0.2) is 45.6 Å². The number of benzene rings is 2. The number of aromatic nitrogens is 1. The van der Waals surface area contributed by atoms with Crippen molar-refractivity contribution in [2.75, 3.05) is 18.6 Å². The van der Waals surface area contributed by atoms with Crippen LogP contribution in [-0.4, -0.2) is 24.6 Å². The summed E-state index contributed by atoms with van der Waals surface area (Å²) in [7, 11) is 1.59. The first kappa shape index (κ1) is 26.0. The fourth-order valence-electron chi connectivity index (χ4n) is 4.84. The fraction of sp³-hybridized carbons (Fsp3) is 0.367. The van der Waals surface area contributed by atoms with Crippen molar-refractivity contribution in [1.29, 1.82) is 0 Å². The molecule has 5 rings (SSSR count). The first-order valence-corrected chi connectivity index (χ1v) is 13.8. The Labute approximate surface area is 226 Å². The van der Waals surface area contributed by atoms with Gasteiger partial charge in [0.15, 0.2) is 22.1 Å². The molecule has 38 heavy (non-hydrogen) atoms. The van der Waals surface area contributed by atoms with E-state index in [1.165, 1.54) is 17.8 Å². The minimum Gasteiger partial charge on any atom is -0.493 e. The first-order chi connectivity index (χ1) is 18.3. The number of hydrogen-bond donors (Lipinski definition) is 0. The van der Waals surface area contributed by atoms with Gasteiger partial charge in [0.2, 0.25) is 5.76 Å². The summed E-state index contributed by atoms with van der Waals surface area (Å²) in [5.41, 5.74) is 2.99. The lowest BCUT2D eigenvalue weighted by Gasteiger charge is -2.23. The van der Waals surface area contributed by atoms with E-state index in [0.717, 1.165) is 41.0 Å². The summed E-state index contributed by atoms with van der Waals surface area (Å²) in [5.74, 6) is 0.850. The van der Waals surface area contributed by atoms with Crippen LogP contribution in [-0.2, 0) is 0 Å². The highest BCUT2D eigenvalue weighted by atomic mass is 32.1. The van der Waals surface area contributed by atoms with Gasteiger partial charge in [-0.05, 0) is 57.0 Å². The van der Waals surface area contributed by atoms with E-state index < -0.39 is 6.04 Å². The Bertz CT molecular complexity index is 1550. The summed E-state index contributed by atoms with van der Waals surface area (Å²) < 4.78 is 17.8. The molecule has 0 saturated carbocycles. The summed E-state index contributed by atoms with van der Waals surface area (Å²) in [6.07, 6.45) is 4.42. The largest absolute Gasteiger partial charge is 0.493 e. The van der Waals surface area contributed by atoms with Crippen molar-refractivity contribution in [3.05, 3.63) is 79.6 Å². The third-order valence-electron chi connectivity index (χ3n) is 7.01. The molecule has 8 heteroatoms. The molecule has 1 atom stereocenters. The van der Waals surface area contributed by atoms with Crippen LogP contribution in [0.2, 0.25) is 0 Å². The van der Waals surface area contributed by atoms with Crippen molar-refractivity contribution in [2.24, 2.45) is 0 Å². The number of ether oxygens (including phenoxy) is 2. The Balaban J connectivity index is 1.63. The number of carbonyl (C=O) groups is 1. The molecule has 0 N–H and O–H groups in total. The van der Waals surface area contributed by atoms with Gasteiger partial charge in [0.05, 0.1) is 36.4 Å². The zero-order chi connectivity index (χ0) is 27.0. The predicted molar refractivity (Wildman–Crippen MR) is 150 cm³/mol. The number of fused-ring (bicyclic) bond motifs is 2. The summed E-state index contributed by atoms with van der Waals surface area (Å²) in [6.45, 7) is 8.58. The Morgan fingerprint density at radius 2 is 1.84 bits per heavy atom. The van der Waals surface area contributed by atoms with Crippen molar-refractivity contribution in [2.45, 2.75) is 59.4 Å². The molecule has 0 saturated heterocycles. The molecule has 2 aromatic carbocycles. The zero-order valence-corrected chi connectivity index (χ0v) is 23.2. The number of methoxy groups -OCH3 is 1. The molecule has 4 aromatic rings. The molecule has 2 aromatic heterocycles. The number of rotatable bonds is 9. The molecule has 198 valence electrons. The van der Waals surface area contributed by atoms with Gasteiger partial charge in [-0.25, -0.2) is 4.98 Å². The second-order valence-electron chi connectivity index (χ2n) is 9.71. The van der Waals surface area contributed by atoms with E-state index in [1.807, 2.05) is 45.0 Å². The van der Waals surface area contributed by atoms with E-state index in [4.69, 9.17) is 13.9 Å². The lowest BCUT2D eigenvalue weighted by molar-refractivity contribution is 0.0971. The third-order valence-corrected chi connectivity index (χ3v) is 8.08. The van der Waals surface area contributed by atoms with Crippen LogP contribution in [0.4, 0.5) is 5.13 Å². The van der Waals surface area contributed by atoms with Crippen molar-refractivity contribution < 1.29 is 18.7 Å². The maximum Gasteiger partial charge on any atom is 0.297 e. The van der Waals surface area contributed by atoms with Crippen LogP contribution in [0.1, 0.15) is 76.5 Å². The van der Waals surface area contributed by atoms with E-state index in [9.17, 15) is 9.59 Å². The van der Waals surface area contributed by atoms with Gasteiger partial charge in [-0.1, -0.05) is 43.9 Å². The maximum atomic E-state index is 13.9. The molecule has 1 aliphatic rings. The minimum atomic E-state index is -0.712. The molecule has 0 radical (unpaired) electrons. The van der Waals surface area contributed by atoms with Crippen LogP contribution < -0.4 is 19.8 Å². The summed E-state index contributed by atoms with van der Waals surface area (Å²) >= 11 is 1.42. The quantitative estimate of drug-likeness (QED) is 0.218. The van der Waals surface area contributed by atoms with Gasteiger partial charge in [-0.15, -0.1) is 11.3 Å². The van der Waals surface area contributed by atoms with Crippen LogP contribution in [0, 0.1) is 20.8 Å². The number of nitrogens with zero attached hydrogens (tertiary/aromatic N) is 2. The predicted octanol–water partition coefficient (Wildman–Crippen LogP) is 6.89. The van der Waals surface area contributed by atoms with Crippen molar-refractivity contribution in [3.63, 3.8) is 0 Å². The monoisotopic (exact) mass is 532 g/mol. The number of anilines is 1. The van der Waals surface area contributed by atoms with Gasteiger partial charge in [-0.3, -0.25) is 14.5 Å². The number of thiazole rings is 1. The highest BCUT2D eigenvalue weighted by Gasteiger charge is 2.45. The Kier molecular flexibility index (Phi) is 7.25. The Morgan fingerprint density at radius 1 is 1.03 bits per heavy atom. The van der Waals surface area contributed by atoms with Crippen molar-refractivity contribution >= 4 is 33.3 Å². The van der Waals surface area contributed by atoms with Crippen LogP contribution in [0.3, 0.4) is 0 Å². The maximum absolute atomic E-state index is 13.9. The topological polar surface area (TPSA) is 81.9 Å². The normalized spacial score (nSPS) is 14.8. The molecule has 0 fully saturated rings. The van der Waals surface area contributed by atoms with Gasteiger partial charge in [0.1, 0.15) is 5.58 Å². The molecule has 0 aliphatic carbocycles. The minimum absolute atomic E-state index is 0.0528. The molecule has 7 nitrogen and oxygen atoms in total. The second-order valence-corrected chi connectivity index (χ2v) is 10.9. The van der Waals surface area contributed by atoms with Crippen molar-refractivity contribution in [3.8, 4) is 11.5 Å². The highest BCUT2D eigenvalue weighted by Crippen LogP contribution is 2.44.